The molecule has 0 radical (unpaired) electrons. The van der Waals surface area contributed by atoms with Crippen LogP contribution in [0.1, 0.15) is 11.1 Å². The molecular formula is C22H36Si2Ti. The maximum Gasteiger partial charge on any atom is 4.00 e. The second-order valence-electron chi connectivity index (χ2n) is 8.09. The minimum atomic E-state index is -0.861. The molecule has 0 saturated heterocycles. The average molecular weight is 405 g/mol. The van der Waals surface area contributed by atoms with Crippen molar-refractivity contribution in [1.82, 2.24) is 0 Å². The first-order chi connectivity index (χ1) is 10.8. The van der Waals surface area contributed by atoms with Crippen LogP contribution < -0.4 is 0 Å². The van der Waals surface area contributed by atoms with E-state index in [-0.39, 0.29) is 21.7 Å². The summed E-state index contributed by atoms with van der Waals surface area (Å²) in [5.41, 5.74) is 2.14. The van der Waals surface area contributed by atoms with Gasteiger partial charge in [0.2, 0.25) is 0 Å². The van der Waals surface area contributed by atoms with Gasteiger partial charge in [-0.05, 0) is 0 Å². The van der Waals surface area contributed by atoms with E-state index in [1.807, 2.05) is 60.7 Å². The van der Waals surface area contributed by atoms with Crippen LogP contribution in [-0.4, -0.2) is 16.1 Å². The summed E-state index contributed by atoms with van der Waals surface area (Å²) in [7, 11) is -1.72. The van der Waals surface area contributed by atoms with Crippen molar-refractivity contribution in [2.75, 3.05) is 0 Å². The normalized spacial score (nSPS) is 9.60. The van der Waals surface area contributed by atoms with Crippen LogP contribution in [0.25, 0.3) is 0 Å². The first-order valence-electron chi connectivity index (χ1n) is 8.24. The van der Waals surface area contributed by atoms with Gasteiger partial charge in [-0.3, -0.25) is 0 Å². The van der Waals surface area contributed by atoms with Gasteiger partial charge in [-0.15, -0.1) is 40.4 Å². The Morgan fingerprint density at radius 2 is 0.680 bits per heavy atom. The molecule has 0 aliphatic rings. The first-order valence-corrected chi connectivity index (χ1v) is 15.6. The summed E-state index contributed by atoms with van der Waals surface area (Å²) in [6.45, 7) is 28.6. The van der Waals surface area contributed by atoms with Crippen molar-refractivity contribution in [3.63, 3.8) is 0 Å². The minimum Gasteiger partial charge on any atom is -0.342 e. The monoisotopic (exact) mass is 404 g/mol. The molecule has 0 fully saturated rings. The number of benzene rings is 2. The third kappa shape index (κ3) is 45.2. The van der Waals surface area contributed by atoms with Gasteiger partial charge in [-0.25, -0.2) is 0 Å². The van der Waals surface area contributed by atoms with Crippen molar-refractivity contribution < 1.29 is 21.7 Å². The van der Waals surface area contributed by atoms with Crippen molar-refractivity contribution in [3.8, 4) is 0 Å². The minimum absolute atomic E-state index is 0. The molecule has 3 heteroatoms. The predicted octanol–water partition coefficient (Wildman–Crippen LogP) is 7.13. The number of hydrogen-bond acceptors (Lipinski definition) is 0. The summed E-state index contributed by atoms with van der Waals surface area (Å²) < 4.78 is 0. The summed E-state index contributed by atoms with van der Waals surface area (Å²) in [4.78, 5) is 0. The Morgan fingerprint density at radius 1 is 0.520 bits per heavy atom. The summed E-state index contributed by atoms with van der Waals surface area (Å²) in [5, 5.41) is 0. The number of hydrogen-bond donors (Lipinski definition) is 0. The van der Waals surface area contributed by atoms with Crippen molar-refractivity contribution in [2.24, 2.45) is 0 Å². The molecule has 0 aliphatic carbocycles. The molecular weight excluding hydrogens is 368 g/mol. The molecule has 0 nitrogen and oxygen atoms in total. The Balaban J connectivity index is -0.000000259. The third-order valence-electron chi connectivity index (χ3n) is 1.69. The van der Waals surface area contributed by atoms with Crippen molar-refractivity contribution in [1.29, 1.82) is 0 Å². The van der Waals surface area contributed by atoms with Gasteiger partial charge in [0.1, 0.15) is 0 Å². The van der Waals surface area contributed by atoms with Gasteiger partial charge in [0.05, 0.1) is 0 Å². The van der Waals surface area contributed by atoms with E-state index in [0.29, 0.717) is 0 Å². The smallest absolute Gasteiger partial charge is 0.342 e. The molecule has 0 unspecified atom stereocenters. The van der Waals surface area contributed by atoms with Gasteiger partial charge in [-0.2, -0.15) is 49.2 Å². The van der Waals surface area contributed by atoms with Gasteiger partial charge >= 0.3 is 21.7 Å². The van der Waals surface area contributed by atoms with Crippen LogP contribution >= 0.6 is 0 Å². The quantitative estimate of drug-likeness (QED) is 0.324. The third-order valence-corrected chi connectivity index (χ3v) is 1.69. The van der Waals surface area contributed by atoms with E-state index in [0.717, 1.165) is 11.1 Å². The van der Waals surface area contributed by atoms with Crippen LogP contribution in [0, 0.1) is 26.9 Å². The summed E-state index contributed by atoms with van der Waals surface area (Å²) in [5.74, 6) is 0. The molecule has 0 atom stereocenters. The Bertz CT molecular complexity index is 436. The zero-order valence-electron chi connectivity index (χ0n) is 17.1. The van der Waals surface area contributed by atoms with E-state index in [2.05, 4.69) is 66.2 Å². The fourth-order valence-corrected chi connectivity index (χ4v) is 0.956. The zero-order chi connectivity index (χ0) is 19.2. The van der Waals surface area contributed by atoms with E-state index in [4.69, 9.17) is 0 Å². The molecule has 0 spiro atoms. The molecule has 0 N–H and O–H groups in total. The fourth-order valence-electron chi connectivity index (χ4n) is 0.956. The van der Waals surface area contributed by atoms with Crippen molar-refractivity contribution in [3.05, 3.63) is 98.7 Å². The van der Waals surface area contributed by atoms with Crippen molar-refractivity contribution in [2.45, 2.75) is 39.3 Å². The Labute approximate surface area is 175 Å². The second kappa shape index (κ2) is 15.6. The Morgan fingerprint density at radius 3 is 0.760 bits per heavy atom. The molecule has 0 amide bonds. The molecule has 136 valence electrons. The van der Waals surface area contributed by atoms with Crippen LogP contribution in [0.15, 0.2) is 60.7 Å². The molecule has 2 aromatic rings. The first kappa shape index (κ1) is 29.1. The van der Waals surface area contributed by atoms with E-state index in [1.165, 1.54) is 0 Å². The van der Waals surface area contributed by atoms with E-state index in [1.54, 1.807) is 0 Å². The van der Waals surface area contributed by atoms with Gasteiger partial charge in [0, 0.05) is 0 Å². The molecule has 2 rings (SSSR count). The average Bonchev–Trinajstić information content (AvgIpc) is 2.37. The zero-order valence-corrected chi connectivity index (χ0v) is 20.7. The van der Waals surface area contributed by atoms with Gasteiger partial charge in [0.15, 0.2) is 0 Å². The maximum absolute atomic E-state index is 3.91. The second-order valence-corrected chi connectivity index (χ2v) is 18.3. The molecule has 0 aromatic heterocycles. The van der Waals surface area contributed by atoms with Crippen LogP contribution in [-0.2, 0) is 21.7 Å². The van der Waals surface area contributed by atoms with Crippen molar-refractivity contribution >= 4 is 16.1 Å². The van der Waals surface area contributed by atoms with Gasteiger partial charge in [0.25, 0.3) is 0 Å². The molecule has 0 bridgehead atoms. The molecule has 0 saturated carbocycles. The summed E-state index contributed by atoms with van der Waals surface area (Å²) >= 11 is 0. The van der Waals surface area contributed by atoms with Crippen LogP contribution in [0.5, 0.6) is 0 Å². The van der Waals surface area contributed by atoms with Gasteiger partial charge in [-0.1, -0.05) is 51.4 Å². The summed E-state index contributed by atoms with van der Waals surface area (Å²) in [6, 6.07) is 19.7. The molecule has 0 aliphatic heterocycles. The summed E-state index contributed by atoms with van der Waals surface area (Å²) in [6.07, 6.45) is 0. The Kier molecular flexibility index (Phi) is 18.1. The topological polar surface area (TPSA) is 0 Å². The SMILES string of the molecule is [CH2-][Si](C)(C)C.[CH2-][Si](C)(C)C.[CH2-]c1ccccc1.[CH2-]c1ccccc1.[Ti+4]. The van der Waals surface area contributed by atoms with Gasteiger partial charge < -0.3 is 13.1 Å². The van der Waals surface area contributed by atoms with Crippen LogP contribution in [0.4, 0.5) is 0 Å². The van der Waals surface area contributed by atoms with Crippen LogP contribution in [0.3, 0.4) is 0 Å². The van der Waals surface area contributed by atoms with Crippen LogP contribution in [0.2, 0.25) is 39.3 Å². The molecule has 25 heavy (non-hydrogen) atoms. The standard InChI is InChI=1S/2C7H7.2C4H11Si.Ti/c2*1-7-5-3-2-4-6-7;2*1-5(2,3)4;/h2*2-6H,1H2;2*1H2,2-4H3;/q4*-1;+4. The molecule has 2 aromatic carbocycles. The van der Waals surface area contributed by atoms with E-state index in [9.17, 15) is 0 Å². The molecule has 0 heterocycles. The fraction of sp³-hybridized carbons (Fsp3) is 0.273. The largest absolute Gasteiger partial charge is 4.00 e. The van der Waals surface area contributed by atoms with E-state index >= 15 is 0 Å². The Hall–Kier alpha value is -0.672. The van der Waals surface area contributed by atoms with E-state index < -0.39 is 16.1 Å². The maximum atomic E-state index is 3.91. The number of rotatable bonds is 0. The predicted molar refractivity (Wildman–Crippen MR) is 119 cm³/mol.